The molecule has 0 radical (unpaired) electrons. The number of hydrogen-bond donors (Lipinski definition) is 1. The van der Waals surface area contributed by atoms with Gasteiger partial charge in [0.05, 0.1) is 40.0 Å². The molecular weight excluding hydrogens is 350 g/mol. The predicted molar refractivity (Wildman–Crippen MR) is 103 cm³/mol. The third-order valence-electron chi connectivity index (χ3n) is 4.63. The van der Waals surface area contributed by atoms with Crippen molar-refractivity contribution in [2.75, 3.05) is 0 Å². The molecule has 0 saturated carbocycles. The van der Waals surface area contributed by atoms with Crippen LogP contribution in [0.2, 0.25) is 5.02 Å². The zero-order chi connectivity index (χ0) is 18.8. The van der Waals surface area contributed by atoms with Gasteiger partial charge in [-0.3, -0.25) is 9.48 Å². The van der Waals surface area contributed by atoms with Gasteiger partial charge in [0, 0.05) is 13.0 Å². The van der Waals surface area contributed by atoms with Crippen LogP contribution < -0.4 is 5.32 Å². The maximum Gasteiger partial charge on any atom is 0.222 e. The number of para-hydroxylation sites is 2. The van der Waals surface area contributed by atoms with Gasteiger partial charge in [-0.25, -0.2) is 4.98 Å². The van der Waals surface area contributed by atoms with Crippen LogP contribution >= 0.6 is 11.6 Å². The van der Waals surface area contributed by atoms with Gasteiger partial charge in [0.15, 0.2) is 0 Å². The van der Waals surface area contributed by atoms with Gasteiger partial charge in [-0.15, -0.1) is 0 Å². The first-order valence-corrected chi connectivity index (χ1v) is 9.22. The average Bonchev–Trinajstić information content (AvgIpc) is 3.11. The van der Waals surface area contributed by atoms with E-state index in [9.17, 15) is 4.79 Å². The minimum absolute atomic E-state index is 0.0316. The lowest BCUT2D eigenvalue weighted by Crippen LogP contribution is -2.27. The molecule has 3 aromatic rings. The third kappa shape index (κ3) is 3.46. The first-order chi connectivity index (χ1) is 12.4. The lowest BCUT2D eigenvalue weighted by atomic mass is 10.2. The lowest BCUT2D eigenvalue weighted by molar-refractivity contribution is -0.122. The highest BCUT2D eigenvalue weighted by Gasteiger charge is 2.18. The Bertz CT molecular complexity index is 943. The summed E-state index contributed by atoms with van der Waals surface area (Å²) in [4.78, 5) is 17.0. The number of benzene rings is 1. The van der Waals surface area contributed by atoms with Crippen LogP contribution in [0.1, 0.15) is 43.5 Å². The van der Waals surface area contributed by atoms with Gasteiger partial charge in [0.1, 0.15) is 5.82 Å². The molecule has 0 aliphatic carbocycles. The second kappa shape index (κ2) is 7.50. The van der Waals surface area contributed by atoms with E-state index in [1.54, 1.807) is 0 Å². The van der Waals surface area contributed by atoms with E-state index in [1.807, 2.05) is 49.7 Å². The van der Waals surface area contributed by atoms with Gasteiger partial charge in [0.2, 0.25) is 5.91 Å². The van der Waals surface area contributed by atoms with Crippen molar-refractivity contribution in [1.82, 2.24) is 24.6 Å². The number of imidazole rings is 1. The second-order valence-electron chi connectivity index (χ2n) is 6.52. The van der Waals surface area contributed by atoms with Crippen molar-refractivity contribution in [2.24, 2.45) is 0 Å². The SMILES string of the molecule is CCn1c(CNC(=O)C[C@H](C)n2nc(C)c(Cl)c2C)nc2ccccc21. The summed E-state index contributed by atoms with van der Waals surface area (Å²) in [6.07, 6.45) is 0.338. The molecule has 0 saturated heterocycles. The molecule has 0 spiro atoms. The van der Waals surface area contributed by atoms with Crippen molar-refractivity contribution in [3.63, 3.8) is 0 Å². The van der Waals surface area contributed by atoms with E-state index < -0.39 is 0 Å². The first kappa shape index (κ1) is 18.5. The fourth-order valence-electron chi connectivity index (χ4n) is 3.29. The number of amides is 1. The Balaban J connectivity index is 1.66. The van der Waals surface area contributed by atoms with Gasteiger partial charge in [-0.1, -0.05) is 23.7 Å². The summed E-state index contributed by atoms with van der Waals surface area (Å²) in [5, 5.41) is 8.07. The molecule has 1 N–H and O–H groups in total. The standard InChI is InChI=1S/C19H24ClN5O/c1-5-24-16-9-7-6-8-15(16)22-17(24)11-21-18(26)10-12(2)25-14(4)19(20)13(3)23-25/h6-9,12H,5,10-11H2,1-4H3,(H,21,26)/t12-/m0/s1. The molecule has 2 aromatic heterocycles. The van der Waals surface area contributed by atoms with E-state index in [0.717, 1.165) is 34.8 Å². The summed E-state index contributed by atoms with van der Waals surface area (Å²) in [5.41, 5.74) is 3.71. The number of carbonyl (C=O) groups is 1. The fraction of sp³-hybridized carbons (Fsp3) is 0.421. The van der Waals surface area contributed by atoms with Crippen LogP contribution in [-0.4, -0.2) is 25.2 Å². The smallest absolute Gasteiger partial charge is 0.222 e. The molecule has 26 heavy (non-hydrogen) atoms. The monoisotopic (exact) mass is 373 g/mol. The molecule has 0 aliphatic rings. The van der Waals surface area contributed by atoms with Crippen LogP contribution in [0, 0.1) is 13.8 Å². The summed E-state index contributed by atoms with van der Waals surface area (Å²) >= 11 is 6.20. The van der Waals surface area contributed by atoms with Crippen LogP contribution in [0.5, 0.6) is 0 Å². The van der Waals surface area contributed by atoms with Gasteiger partial charge < -0.3 is 9.88 Å². The average molecular weight is 374 g/mol. The van der Waals surface area contributed by atoms with E-state index in [0.29, 0.717) is 18.0 Å². The number of rotatable bonds is 6. The molecule has 6 nitrogen and oxygen atoms in total. The van der Waals surface area contributed by atoms with Crippen molar-refractivity contribution in [3.05, 3.63) is 46.5 Å². The van der Waals surface area contributed by atoms with Crippen molar-refractivity contribution >= 4 is 28.5 Å². The molecule has 138 valence electrons. The Morgan fingerprint density at radius 2 is 2.04 bits per heavy atom. The number of aryl methyl sites for hydroxylation is 2. The topological polar surface area (TPSA) is 64.7 Å². The molecule has 0 aliphatic heterocycles. The van der Waals surface area contributed by atoms with Gasteiger partial charge >= 0.3 is 0 Å². The zero-order valence-electron chi connectivity index (χ0n) is 15.6. The summed E-state index contributed by atoms with van der Waals surface area (Å²) in [6, 6.07) is 7.94. The molecule has 0 unspecified atom stereocenters. The number of halogens is 1. The molecule has 3 rings (SSSR count). The quantitative estimate of drug-likeness (QED) is 0.714. The molecule has 2 heterocycles. The third-order valence-corrected chi connectivity index (χ3v) is 5.18. The van der Waals surface area contributed by atoms with Crippen LogP contribution in [0.25, 0.3) is 11.0 Å². The number of carbonyl (C=O) groups excluding carboxylic acids is 1. The summed E-state index contributed by atoms with van der Waals surface area (Å²) < 4.78 is 3.94. The maximum atomic E-state index is 12.4. The predicted octanol–water partition coefficient (Wildman–Crippen LogP) is 3.79. The van der Waals surface area contributed by atoms with E-state index in [1.165, 1.54) is 0 Å². The molecule has 7 heteroatoms. The number of aromatic nitrogens is 4. The molecule has 1 amide bonds. The molecule has 0 fully saturated rings. The number of fused-ring (bicyclic) bond motifs is 1. The zero-order valence-corrected chi connectivity index (χ0v) is 16.3. The normalized spacial score (nSPS) is 12.5. The Morgan fingerprint density at radius 1 is 1.31 bits per heavy atom. The van der Waals surface area contributed by atoms with Crippen molar-refractivity contribution < 1.29 is 4.79 Å². The minimum atomic E-state index is -0.0637. The summed E-state index contributed by atoms with van der Waals surface area (Å²) in [6.45, 7) is 9.05. The highest BCUT2D eigenvalue weighted by Crippen LogP contribution is 2.23. The second-order valence-corrected chi connectivity index (χ2v) is 6.90. The van der Waals surface area contributed by atoms with Gasteiger partial charge in [0.25, 0.3) is 0 Å². The van der Waals surface area contributed by atoms with Crippen LogP contribution in [0.3, 0.4) is 0 Å². The Morgan fingerprint density at radius 3 is 2.69 bits per heavy atom. The molecule has 0 bridgehead atoms. The van der Waals surface area contributed by atoms with Crippen LogP contribution in [-0.2, 0) is 17.9 Å². The summed E-state index contributed by atoms with van der Waals surface area (Å²) in [7, 11) is 0. The van der Waals surface area contributed by atoms with E-state index in [4.69, 9.17) is 11.6 Å². The largest absolute Gasteiger partial charge is 0.349 e. The molecule has 1 aromatic carbocycles. The molecule has 1 atom stereocenters. The highest BCUT2D eigenvalue weighted by molar-refractivity contribution is 6.31. The van der Waals surface area contributed by atoms with Crippen molar-refractivity contribution in [3.8, 4) is 0 Å². The van der Waals surface area contributed by atoms with Crippen molar-refractivity contribution in [2.45, 2.75) is 53.2 Å². The minimum Gasteiger partial charge on any atom is -0.349 e. The highest BCUT2D eigenvalue weighted by atomic mass is 35.5. The van der Waals surface area contributed by atoms with E-state index >= 15 is 0 Å². The fourth-order valence-corrected chi connectivity index (χ4v) is 3.41. The number of nitrogens with one attached hydrogen (secondary N) is 1. The maximum absolute atomic E-state index is 12.4. The number of hydrogen-bond acceptors (Lipinski definition) is 3. The number of nitrogens with zero attached hydrogens (tertiary/aromatic N) is 4. The Hall–Kier alpha value is -2.34. The van der Waals surface area contributed by atoms with Gasteiger partial charge in [-0.05, 0) is 39.8 Å². The van der Waals surface area contributed by atoms with Crippen LogP contribution in [0.4, 0.5) is 0 Å². The first-order valence-electron chi connectivity index (χ1n) is 8.84. The van der Waals surface area contributed by atoms with Crippen molar-refractivity contribution in [1.29, 1.82) is 0 Å². The van der Waals surface area contributed by atoms with E-state index in [-0.39, 0.29) is 11.9 Å². The Kier molecular flexibility index (Phi) is 5.32. The summed E-state index contributed by atoms with van der Waals surface area (Å²) in [5.74, 6) is 0.833. The van der Waals surface area contributed by atoms with E-state index in [2.05, 4.69) is 26.9 Å². The molecular formula is C19H24ClN5O. The van der Waals surface area contributed by atoms with Gasteiger partial charge in [-0.2, -0.15) is 5.10 Å². The Labute approximate surface area is 158 Å². The van der Waals surface area contributed by atoms with Crippen LogP contribution in [0.15, 0.2) is 24.3 Å². The lowest BCUT2D eigenvalue weighted by Gasteiger charge is -2.14.